The Balaban J connectivity index is 1.62. The van der Waals surface area contributed by atoms with Crippen LogP contribution in [0.5, 0.6) is 0 Å². The highest BCUT2D eigenvalue weighted by atomic mass is 35.5. The molecular weight excluding hydrogens is 348 g/mol. The van der Waals surface area contributed by atoms with Crippen molar-refractivity contribution < 1.29 is 0 Å². The Morgan fingerprint density at radius 3 is 1.30 bits per heavy atom. The Kier molecular flexibility index (Phi) is 4.83. The van der Waals surface area contributed by atoms with E-state index < -0.39 is 0 Å². The second-order valence-corrected chi connectivity index (χ2v) is 7.41. The molecule has 0 atom stereocenters. The summed E-state index contributed by atoms with van der Waals surface area (Å²) >= 11 is 6.60. The summed E-state index contributed by atoms with van der Waals surface area (Å²) in [6, 6.07) is 32.0. The first kappa shape index (κ1) is 17.6. The SMILES string of the molecule is Cc1ccc(-c2ccc(-c3ccc(-c4ccc(C)cc4)c(Cl)c3)cc2)cc1. The molecule has 0 unspecified atom stereocenters. The van der Waals surface area contributed by atoms with Crippen LogP contribution in [0.4, 0.5) is 0 Å². The average Bonchev–Trinajstić information content (AvgIpc) is 2.69. The first-order valence-electron chi connectivity index (χ1n) is 9.14. The molecule has 0 N–H and O–H groups in total. The molecule has 4 rings (SSSR count). The topological polar surface area (TPSA) is 0 Å². The summed E-state index contributed by atoms with van der Waals surface area (Å²) in [5, 5.41) is 0.777. The van der Waals surface area contributed by atoms with E-state index in [9.17, 15) is 0 Å². The van der Waals surface area contributed by atoms with E-state index in [1.54, 1.807) is 0 Å². The maximum Gasteiger partial charge on any atom is 0.0490 e. The summed E-state index contributed by atoms with van der Waals surface area (Å²) in [7, 11) is 0. The number of benzene rings is 4. The fraction of sp³-hybridized carbons (Fsp3) is 0.0769. The molecule has 0 heterocycles. The van der Waals surface area contributed by atoms with Crippen molar-refractivity contribution in [3.05, 3.63) is 107 Å². The normalized spacial score (nSPS) is 10.8. The van der Waals surface area contributed by atoms with E-state index in [1.165, 1.54) is 27.8 Å². The predicted octanol–water partition coefficient (Wildman–Crippen LogP) is 7.96. The molecule has 0 aliphatic heterocycles. The van der Waals surface area contributed by atoms with Gasteiger partial charge in [0, 0.05) is 10.6 Å². The molecule has 0 aromatic heterocycles. The molecule has 4 aromatic rings. The van der Waals surface area contributed by atoms with Gasteiger partial charge in [-0.25, -0.2) is 0 Å². The highest BCUT2D eigenvalue weighted by Gasteiger charge is 2.07. The summed E-state index contributed by atoms with van der Waals surface area (Å²) in [6.45, 7) is 4.20. The largest absolute Gasteiger partial charge is 0.0836 e. The summed E-state index contributed by atoms with van der Waals surface area (Å²) in [5.41, 5.74) is 9.50. The van der Waals surface area contributed by atoms with Gasteiger partial charge in [0.05, 0.1) is 0 Å². The van der Waals surface area contributed by atoms with Crippen molar-refractivity contribution in [1.29, 1.82) is 0 Å². The van der Waals surface area contributed by atoms with Gasteiger partial charge in [-0.1, -0.05) is 108 Å². The Hall–Kier alpha value is -2.83. The zero-order chi connectivity index (χ0) is 18.8. The van der Waals surface area contributed by atoms with Crippen LogP contribution in [0.2, 0.25) is 5.02 Å². The molecule has 4 aromatic carbocycles. The van der Waals surface area contributed by atoms with Gasteiger partial charge >= 0.3 is 0 Å². The van der Waals surface area contributed by atoms with Crippen LogP contribution < -0.4 is 0 Å². The Morgan fingerprint density at radius 1 is 0.444 bits per heavy atom. The highest BCUT2D eigenvalue weighted by Crippen LogP contribution is 2.33. The van der Waals surface area contributed by atoms with Crippen molar-refractivity contribution in [1.82, 2.24) is 0 Å². The quantitative estimate of drug-likeness (QED) is 0.344. The third-order valence-electron chi connectivity index (χ3n) is 4.93. The van der Waals surface area contributed by atoms with Crippen LogP contribution in [0.25, 0.3) is 33.4 Å². The molecule has 0 aliphatic rings. The molecule has 0 nitrogen and oxygen atoms in total. The molecule has 27 heavy (non-hydrogen) atoms. The van der Waals surface area contributed by atoms with Gasteiger partial charge in [0.25, 0.3) is 0 Å². The van der Waals surface area contributed by atoms with Gasteiger partial charge in [-0.3, -0.25) is 0 Å². The third-order valence-corrected chi connectivity index (χ3v) is 5.25. The molecule has 0 saturated carbocycles. The standard InChI is InChI=1S/C26H21Cl/c1-18-3-7-20(8-4-18)21-11-13-22(14-12-21)24-15-16-25(26(27)17-24)23-9-5-19(2)6-10-23/h3-17H,1-2H3. The zero-order valence-electron chi connectivity index (χ0n) is 15.5. The summed E-state index contributed by atoms with van der Waals surface area (Å²) < 4.78 is 0. The molecule has 0 amide bonds. The average molecular weight is 369 g/mol. The predicted molar refractivity (Wildman–Crippen MR) is 117 cm³/mol. The summed E-state index contributed by atoms with van der Waals surface area (Å²) in [6.07, 6.45) is 0. The number of halogens is 1. The van der Waals surface area contributed by atoms with Crippen molar-refractivity contribution in [2.75, 3.05) is 0 Å². The van der Waals surface area contributed by atoms with Crippen molar-refractivity contribution in [3.63, 3.8) is 0 Å². The smallest absolute Gasteiger partial charge is 0.0490 e. The van der Waals surface area contributed by atoms with Gasteiger partial charge in [0.1, 0.15) is 0 Å². The van der Waals surface area contributed by atoms with E-state index in [1.807, 2.05) is 0 Å². The Labute approximate surface area is 166 Å². The monoisotopic (exact) mass is 368 g/mol. The Morgan fingerprint density at radius 2 is 0.815 bits per heavy atom. The van der Waals surface area contributed by atoms with E-state index in [-0.39, 0.29) is 0 Å². The minimum Gasteiger partial charge on any atom is -0.0836 e. The summed E-state index contributed by atoms with van der Waals surface area (Å²) in [5.74, 6) is 0. The van der Waals surface area contributed by atoms with Crippen molar-refractivity contribution in [2.24, 2.45) is 0 Å². The van der Waals surface area contributed by atoms with Crippen molar-refractivity contribution >= 4 is 11.6 Å². The minimum atomic E-state index is 0.777. The number of rotatable bonds is 3. The molecule has 132 valence electrons. The van der Waals surface area contributed by atoms with Gasteiger partial charge in [0.2, 0.25) is 0 Å². The van der Waals surface area contributed by atoms with Gasteiger partial charge < -0.3 is 0 Å². The third kappa shape index (κ3) is 3.82. The lowest BCUT2D eigenvalue weighted by atomic mass is 9.97. The Bertz CT molecular complexity index is 1060. The molecule has 0 radical (unpaired) electrons. The van der Waals surface area contributed by atoms with Crippen LogP contribution in [0, 0.1) is 13.8 Å². The molecule has 0 saturated heterocycles. The molecule has 0 spiro atoms. The zero-order valence-corrected chi connectivity index (χ0v) is 16.3. The molecule has 0 bridgehead atoms. The lowest BCUT2D eigenvalue weighted by Crippen LogP contribution is -1.84. The second kappa shape index (κ2) is 7.42. The number of hydrogen-bond acceptors (Lipinski definition) is 0. The fourth-order valence-corrected chi connectivity index (χ4v) is 3.55. The lowest BCUT2D eigenvalue weighted by Gasteiger charge is -2.09. The first-order valence-corrected chi connectivity index (χ1v) is 9.52. The van der Waals surface area contributed by atoms with Crippen molar-refractivity contribution in [3.8, 4) is 33.4 Å². The van der Waals surface area contributed by atoms with E-state index in [2.05, 4.69) is 105 Å². The van der Waals surface area contributed by atoms with E-state index >= 15 is 0 Å². The van der Waals surface area contributed by atoms with Crippen LogP contribution in [0.15, 0.2) is 91.0 Å². The van der Waals surface area contributed by atoms with Crippen LogP contribution in [0.1, 0.15) is 11.1 Å². The maximum absolute atomic E-state index is 6.60. The van der Waals surface area contributed by atoms with Crippen LogP contribution in [-0.2, 0) is 0 Å². The number of hydrogen-bond donors (Lipinski definition) is 0. The second-order valence-electron chi connectivity index (χ2n) is 7.00. The number of aryl methyl sites for hydroxylation is 2. The highest BCUT2D eigenvalue weighted by molar-refractivity contribution is 6.33. The van der Waals surface area contributed by atoms with Crippen LogP contribution >= 0.6 is 11.6 Å². The van der Waals surface area contributed by atoms with E-state index in [0.717, 1.165) is 21.7 Å². The fourth-order valence-electron chi connectivity index (χ4n) is 3.26. The van der Waals surface area contributed by atoms with Gasteiger partial charge in [-0.05, 0) is 47.7 Å². The minimum absolute atomic E-state index is 0.777. The first-order chi connectivity index (χ1) is 13.1. The van der Waals surface area contributed by atoms with Gasteiger partial charge in [0.15, 0.2) is 0 Å². The molecular formula is C26H21Cl. The summed E-state index contributed by atoms with van der Waals surface area (Å²) in [4.78, 5) is 0. The van der Waals surface area contributed by atoms with E-state index in [0.29, 0.717) is 0 Å². The molecule has 0 aliphatic carbocycles. The van der Waals surface area contributed by atoms with Crippen LogP contribution in [0.3, 0.4) is 0 Å². The molecule has 0 fully saturated rings. The van der Waals surface area contributed by atoms with Gasteiger partial charge in [-0.2, -0.15) is 0 Å². The van der Waals surface area contributed by atoms with Gasteiger partial charge in [-0.15, -0.1) is 0 Å². The van der Waals surface area contributed by atoms with E-state index in [4.69, 9.17) is 11.6 Å². The maximum atomic E-state index is 6.60. The molecule has 1 heteroatoms. The lowest BCUT2D eigenvalue weighted by molar-refractivity contribution is 1.47. The van der Waals surface area contributed by atoms with Crippen molar-refractivity contribution in [2.45, 2.75) is 13.8 Å². The van der Waals surface area contributed by atoms with Crippen LogP contribution in [-0.4, -0.2) is 0 Å².